The maximum Gasteiger partial charge on any atom is 0.442 e. The van der Waals surface area contributed by atoms with Gasteiger partial charge in [-0.1, -0.05) is 0 Å². The van der Waals surface area contributed by atoms with Gasteiger partial charge in [0.05, 0.1) is 12.6 Å². The summed E-state index contributed by atoms with van der Waals surface area (Å²) in [6.45, 7) is 11.1. The largest absolute Gasteiger partial charge is 0.442 e. The molecule has 0 rings (SSSR count). The van der Waals surface area contributed by atoms with E-state index in [-0.39, 0.29) is 6.10 Å². The van der Waals surface area contributed by atoms with Crippen molar-refractivity contribution in [1.82, 2.24) is 0 Å². The lowest BCUT2D eigenvalue weighted by atomic mass is 10.4. The first kappa shape index (κ1) is 11.3. The van der Waals surface area contributed by atoms with Crippen molar-refractivity contribution in [2.45, 2.75) is 46.8 Å². The molecule has 0 heterocycles. The second kappa shape index (κ2) is 5.01. The van der Waals surface area contributed by atoms with Crippen molar-refractivity contribution >= 4 is 6.02 Å². The summed E-state index contributed by atoms with van der Waals surface area (Å²) in [5.41, 5.74) is 5.75. The van der Waals surface area contributed by atoms with Crippen LogP contribution in [-0.2, 0) is 4.74 Å². The lowest BCUT2D eigenvalue weighted by Gasteiger charge is -2.12. The highest BCUT2D eigenvalue weighted by Crippen LogP contribution is 1.92. The molecule has 3 heteroatoms. The van der Waals surface area contributed by atoms with Crippen LogP contribution in [0.4, 0.5) is 0 Å². The van der Waals surface area contributed by atoms with Crippen LogP contribution in [0.1, 0.15) is 34.6 Å². The lowest BCUT2D eigenvalue weighted by Crippen LogP contribution is -2.36. The number of nitrogens with zero attached hydrogens (tertiary/aromatic N) is 1. The van der Waals surface area contributed by atoms with E-state index in [0.29, 0.717) is 12.1 Å². The number of nitrogens with two attached hydrogens (primary N) is 1. The third kappa shape index (κ3) is 3.60. The molecule has 0 unspecified atom stereocenters. The molecule has 0 aliphatic heterocycles. The Balaban J connectivity index is 4.38. The molecule has 0 fully saturated rings. The molecule has 0 radical (unpaired) electrons. The maximum atomic E-state index is 5.75. The molecule has 0 amide bonds. The molecule has 0 spiro atoms. The molecule has 0 aromatic heterocycles. The van der Waals surface area contributed by atoms with E-state index in [0.717, 1.165) is 6.54 Å². The molecule has 0 bridgehead atoms. The van der Waals surface area contributed by atoms with Gasteiger partial charge >= 0.3 is 6.02 Å². The van der Waals surface area contributed by atoms with Gasteiger partial charge < -0.3 is 4.74 Å². The van der Waals surface area contributed by atoms with Crippen LogP contribution in [0.2, 0.25) is 0 Å². The van der Waals surface area contributed by atoms with Gasteiger partial charge in [-0.25, -0.2) is 4.58 Å². The molecule has 0 aromatic carbocycles. The highest BCUT2D eigenvalue weighted by molar-refractivity contribution is 5.65. The zero-order valence-electron chi connectivity index (χ0n) is 8.79. The molecule has 0 saturated carbocycles. The SMILES string of the molecule is CC[N+](=C(N)OC(C)C)C(C)C. The molecule has 2 N–H and O–H groups in total. The molecule has 72 valence electrons. The standard InChI is InChI=1S/C9H20N2O/c1-6-11(7(2)3)9(10)12-8(4)5/h7-8,10H,6H2,1-5H3/p+1. The first-order valence-corrected chi connectivity index (χ1v) is 4.54. The summed E-state index contributed by atoms with van der Waals surface area (Å²) in [7, 11) is 0. The molecule has 12 heavy (non-hydrogen) atoms. The monoisotopic (exact) mass is 173 g/mol. The van der Waals surface area contributed by atoms with Crippen LogP contribution in [0.3, 0.4) is 0 Å². The summed E-state index contributed by atoms with van der Waals surface area (Å²) in [4.78, 5) is 0. The minimum atomic E-state index is 0.151. The fourth-order valence-corrected chi connectivity index (χ4v) is 1.08. The van der Waals surface area contributed by atoms with Crippen molar-refractivity contribution in [3.05, 3.63) is 0 Å². The molecule has 0 atom stereocenters. The number of hydrogen-bond acceptors (Lipinski definition) is 1. The number of ether oxygens (including phenoxy) is 1. The first-order chi connectivity index (χ1) is 5.49. The highest BCUT2D eigenvalue weighted by atomic mass is 16.5. The van der Waals surface area contributed by atoms with E-state index in [1.807, 2.05) is 18.4 Å². The zero-order valence-corrected chi connectivity index (χ0v) is 8.79. The van der Waals surface area contributed by atoms with E-state index >= 15 is 0 Å². The Bertz CT molecular complexity index is 162. The van der Waals surface area contributed by atoms with Crippen LogP contribution in [0.5, 0.6) is 0 Å². The molecule has 0 saturated heterocycles. The fourth-order valence-electron chi connectivity index (χ4n) is 1.08. The third-order valence-corrected chi connectivity index (χ3v) is 1.60. The Hall–Kier alpha value is -0.730. The van der Waals surface area contributed by atoms with E-state index in [1.165, 1.54) is 0 Å². The van der Waals surface area contributed by atoms with E-state index in [9.17, 15) is 0 Å². The summed E-state index contributed by atoms with van der Waals surface area (Å²) < 4.78 is 7.41. The Morgan fingerprint density at radius 1 is 1.33 bits per heavy atom. The van der Waals surface area contributed by atoms with Crippen LogP contribution >= 0.6 is 0 Å². The van der Waals surface area contributed by atoms with Crippen LogP contribution < -0.4 is 5.73 Å². The van der Waals surface area contributed by atoms with Crippen LogP contribution in [0.25, 0.3) is 0 Å². The van der Waals surface area contributed by atoms with Crippen molar-refractivity contribution in [1.29, 1.82) is 0 Å². The van der Waals surface area contributed by atoms with Gasteiger partial charge in [0.25, 0.3) is 0 Å². The normalized spacial score (nSPS) is 13.6. The Labute approximate surface area is 75.2 Å². The van der Waals surface area contributed by atoms with Crippen LogP contribution in [0, 0.1) is 0 Å². The lowest BCUT2D eigenvalue weighted by molar-refractivity contribution is -0.564. The second-order valence-corrected chi connectivity index (χ2v) is 3.38. The molecule has 0 aromatic rings. The van der Waals surface area contributed by atoms with Gasteiger partial charge in [0, 0.05) is 0 Å². The van der Waals surface area contributed by atoms with Gasteiger partial charge in [-0.2, -0.15) is 0 Å². The van der Waals surface area contributed by atoms with Gasteiger partial charge in [-0.3, -0.25) is 5.73 Å². The number of rotatable bonds is 3. The number of amidine groups is 1. The predicted molar refractivity (Wildman–Crippen MR) is 51.4 cm³/mol. The van der Waals surface area contributed by atoms with Crippen LogP contribution in [0.15, 0.2) is 0 Å². The van der Waals surface area contributed by atoms with Crippen LogP contribution in [-0.4, -0.2) is 29.3 Å². The van der Waals surface area contributed by atoms with Gasteiger partial charge in [-0.15, -0.1) is 0 Å². The summed E-state index contributed by atoms with van der Waals surface area (Å²) in [6.07, 6.45) is 0.151. The summed E-state index contributed by atoms with van der Waals surface area (Å²) in [6, 6.07) is 0.927. The predicted octanol–water partition coefficient (Wildman–Crippen LogP) is 1.17. The summed E-state index contributed by atoms with van der Waals surface area (Å²) in [5, 5.41) is 0. The zero-order chi connectivity index (χ0) is 9.72. The Morgan fingerprint density at radius 2 is 1.83 bits per heavy atom. The van der Waals surface area contributed by atoms with E-state index in [2.05, 4.69) is 20.8 Å². The molecular weight excluding hydrogens is 152 g/mol. The van der Waals surface area contributed by atoms with Crippen molar-refractivity contribution < 1.29 is 9.31 Å². The highest BCUT2D eigenvalue weighted by Gasteiger charge is 2.12. The fraction of sp³-hybridized carbons (Fsp3) is 0.889. The Kier molecular flexibility index (Phi) is 4.71. The average Bonchev–Trinajstić information content (AvgIpc) is 1.85. The second-order valence-electron chi connectivity index (χ2n) is 3.38. The average molecular weight is 173 g/mol. The first-order valence-electron chi connectivity index (χ1n) is 4.54. The van der Waals surface area contributed by atoms with Crippen molar-refractivity contribution in [3.8, 4) is 0 Å². The third-order valence-electron chi connectivity index (χ3n) is 1.60. The topological polar surface area (TPSA) is 38.3 Å². The summed E-state index contributed by atoms with van der Waals surface area (Å²) >= 11 is 0. The number of hydrogen-bond donors (Lipinski definition) is 1. The summed E-state index contributed by atoms with van der Waals surface area (Å²) in [5.74, 6) is 0. The minimum absolute atomic E-state index is 0.151. The molecule has 0 aliphatic carbocycles. The van der Waals surface area contributed by atoms with E-state index in [4.69, 9.17) is 10.5 Å². The van der Waals surface area contributed by atoms with E-state index in [1.54, 1.807) is 0 Å². The van der Waals surface area contributed by atoms with Gasteiger partial charge in [0.1, 0.15) is 6.10 Å². The smallest absolute Gasteiger partial charge is 0.429 e. The molecule has 3 nitrogen and oxygen atoms in total. The van der Waals surface area contributed by atoms with Crippen molar-refractivity contribution in [2.24, 2.45) is 5.73 Å². The van der Waals surface area contributed by atoms with Gasteiger partial charge in [0.15, 0.2) is 0 Å². The molecule has 0 aliphatic rings. The van der Waals surface area contributed by atoms with E-state index < -0.39 is 0 Å². The maximum absolute atomic E-state index is 5.75. The molecular formula is C9H21N2O+. The minimum Gasteiger partial charge on any atom is -0.429 e. The quantitative estimate of drug-likeness (QED) is 0.395. The van der Waals surface area contributed by atoms with Gasteiger partial charge in [-0.05, 0) is 34.6 Å². The van der Waals surface area contributed by atoms with Crippen molar-refractivity contribution in [3.63, 3.8) is 0 Å². The van der Waals surface area contributed by atoms with Crippen molar-refractivity contribution in [2.75, 3.05) is 6.54 Å². The Morgan fingerprint density at radius 3 is 2.08 bits per heavy atom. The van der Waals surface area contributed by atoms with Gasteiger partial charge in [0.2, 0.25) is 0 Å².